The summed E-state index contributed by atoms with van der Waals surface area (Å²) in [7, 11) is 2.24. The minimum atomic E-state index is 0.485. The van der Waals surface area contributed by atoms with Gasteiger partial charge in [-0.05, 0) is 31.0 Å². The normalized spacial score (nSPS) is 33.9. The van der Waals surface area contributed by atoms with Gasteiger partial charge in [-0.1, -0.05) is 52.3 Å². The molecule has 0 aliphatic carbocycles. The Hall–Kier alpha value is -0.600. The zero-order valence-corrected chi connectivity index (χ0v) is 11.0. The van der Waals surface area contributed by atoms with E-state index in [1.54, 1.807) is 0 Å². The number of rotatable bonds is 1. The molecule has 1 nitrogen and oxygen atoms in total. The zero-order chi connectivity index (χ0) is 11.1. The molecule has 0 amide bonds. The number of fused-ring (bicyclic) bond motifs is 2. The van der Waals surface area contributed by atoms with Crippen LogP contribution in [-0.2, 0) is 0 Å². The Morgan fingerprint density at radius 2 is 1.94 bits per heavy atom. The third-order valence-corrected chi connectivity index (χ3v) is 5.02. The number of likely N-dealkylation sites (N-methyl/N-ethyl adjacent to an activating group) is 1. The van der Waals surface area contributed by atoms with Crippen LogP contribution in [0.5, 0.6) is 0 Å². The lowest BCUT2D eigenvalue weighted by Crippen LogP contribution is -2.41. The van der Waals surface area contributed by atoms with Crippen molar-refractivity contribution >= 4 is 21.5 Å². The second kappa shape index (κ2) is 4.01. The summed E-state index contributed by atoms with van der Waals surface area (Å²) < 4.78 is 0. The van der Waals surface area contributed by atoms with Crippen molar-refractivity contribution in [3.63, 3.8) is 0 Å². The summed E-state index contributed by atoms with van der Waals surface area (Å²) in [6.45, 7) is 0. The van der Waals surface area contributed by atoms with Crippen molar-refractivity contribution < 1.29 is 0 Å². The van der Waals surface area contributed by atoms with Gasteiger partial charge in [0.25, 0.3) is 0 Å². The van der Waals surface area contributed by atoms with Gasteiger partial charge in [0.05, 0.1) is 4.83 Å². The van der Waals surface area contributed by atoms with Crippen LogP contribution < -0.4 is 0 Å². The summed E-state index contributed by atoms with van der Waals surface area (Å²) in [5.74, 6) is 0. The molecule has 2 aliphatic rings. The highest BCUT2D eigenvalue weighted by molar-refractivity contribution is 9.09. The highest BCUT2D eigenvalue weighted by Gasteiger charge is 2.39. The lowest BCUT2D eigenvalue weighted by atomic mass is 9.95. The van der Waals surface area contributed by atoms with Crippen LogP contribution in [0.1, 0.15) is 18.4 Å². The van der Waals surface area contributed by atoms with Crippen molar-refractivity contribution in [3.8, 4) is 0 Å². The number of benzene rings is 1. The summed E-state index contributed by atoms with van der Waals surface area (Å²) in [5, 5.41) is 0. The largest absolute Gasteiger partial charge is 0.296 e. The van der Waals surface area contributed by atoms with Gasteiger partial charge in [0, 0.05) is 12.1 Å². The molecule has 0 N–H and O–H groups in total. The first-order valence-electron chi connectivity index (χ1n) is 5.90. The lowest BCUT2D eigenvalue weighted by molar-refractivity contribution is 0.270. The van der Waals surface area contributed by atoms with Crippen molar-refractivity contribution in [1.82, 2.24) is 4.90 Å². The molecule has 2 bridgehead atoms. The number of hydrogen-bond donors (Lipinski definition) is 0. The van der Waals surface area contributed by atoms with Gasteiger partial charge in [-0.25, -0.2) is 0 Å². The van der Waals surface area contributed by atoms with E-state index >= 15 is 0 Å². The minimum Gasteiger partial charge on any atom is -0.296 e. The van der Waals surface area contributed by atoms with E-state index in [-0.39, 0.29) is 0 Å². The van der Waals surface area contributed by atoms with Gasteiger partial charge in [0.2, 0.25) is 0 Å². The Labute approximate surface area is 105 Å². The van der Waals surface area contributed by atoms with Gasteiger partial charge in [-0.3, -0.25) is 4.90 Å². The van der Waals surface area contributed by atoms with Crippen LogP contribution in [0.4, 0.5) is 0 Å². The molecule has 2 aliphatic heterocycles. The molecule has 2 heterocycles. The SMILES string of the molecule is CN1C2C=C(c3ccccc3)C(Br)C1CC2. The van der Waals surface area contributed by atoms with Crippen LogP contribution in [-0.4, -0.2) is 28.9 Å². The molecule has 1 aromatic carbocycles. The summed E-state index contributed by atoms with van der Waals surface area (Å²) in [6, 6.07) is 12.1. The number of halogens is 1. The molecule has 0 aromatic heterocycles. The van der Waals surface area contributed by atoms with Gasteiger partial charge in [-0.2, -0.15) is 0 Å². The quantitative estimate of drug-likeness (QED) is 0.712. The predicted octanol–water partition coefficient (Wildman–Crippen LogP) is 3.31. The van der Waals surface area contributed by atoms with Gasteiger partial charge >= 0.3 is 0 Å². The molecule has 0 spiro atoms. The first kappa shape index (κ1) is 10.5. The van der Waals surface area contributed by atoms with Crippen LogP contribution in [0.2, 0.25) is 0 Å². The molecule has 1 fully saturated rings. The Balaban J connectivity index is 2.00. The Kier molecular flexibility index (Phi) is 2.64. The maximum atomic E-state index is 3.88. The van der Waals surface area contributed by atoms with Crippen LogP contribution in [0.3, 0.4) is 0 Å². The predicted molar refractivity (Wildman–Crippen MR) is 71.7 cm³/mol. The maximum absolute atomic E-state index is 3.88. The zero-order valence-electron chi connectivity index (χ0n) is 9.44. The van der Waals surface area contributed by atoms with Crippen molar-refractivity contribution in [1.29, 1.82) is 0 Å². The number of alkyl halides is 1. The second-order valence-corrected chi connectivity index (χ2v) is 5.75. The van der Waals surface area contributed by atoms with E-state index in [2.05, 4.69) is 64.3 Å². The van der Waals surface area contributed by atoms with Gasteiger partial charge in [0.15, 0.2) is 0 Å². The highest BCUT2D eigenvalue weighted by Crippen LogP contribution is 2.41. The van der Waals surface area contributed by atoms with Gasteiger partial charge in [-0.15, -0.1) is 0 Å². The first-order valence-corrected chi connectivity index (χ1v) is 6.82. The number of hydrogen-bond acceptors (Lipinski definition) is 1. The van der Waals surface area contributed by atoms with Crippen LogP contribution in [0, 0.1) is 0 Å². The average Bonchev–Trinajstić information content (AvgIpc) is 2.57. The molecule has 16 heavy (non-hydrogen) atoms. The highest BCUT2D eigenvalue weighted by atomic mass is 79.9. The van der Waals surface area contributed by atoms with E-state index in [0.717, 1.165) is 0 Å². The molecule has 3 unspecified atom stereocenters. The second-order valence-electron chi connectivity index (χ2n) is 4.77. The molecule has 2 heteroatoms. The van der Waals surface area contributed by atoms with E-state index in [0.29, 0.717) is 16.9 Å². The molecule has 1 saturated heterocycles. The molecule has 1 aromatic rings. The number of nitrogens with zero attached hydrogens (tertiary/aromatic N) is 1. The Bertz CT molecular complexity index is 412. The van der Waals surface area contributed by atoms with E-state index in [9.17, 15) is 0 Å². The van der Waals surface area contributed by atoms with E-state index in [1.165, 1.54) is 24.0 Å². The van der Waals surface area contributed by atoms with Gasteiger partial charge < -0.3 is 0 Å². The maximum Gasteiger partial charge on any atom is 0.0554 e. The topological polar surface area (TPSA) is 3.24 Å². The summed E-state index contributed by atoms with van der Waals surface area (Å²) >= 11 is 3.88. The van der Waals surface area contributed by atoms with E-state index in [1.807, 2.05) is 0 Å². The monoisotopic (exact) mass is 277 g/mol. The average molecular weight is 278 g/mol. The molecule has 0 radical (unpaired) electrons. The fraction of sp³-hybridized carbons (Fsp3) is 0.429. The summed E-state index contributed by atoms with van der Waals surface area (Å²) in [4.78, 5) is 2.99. The van der Waals surface area contributed by atoms with E-state index < -0.39 is 0 Å². The molecule has 0 saturated carbocycles. The fourth-order valence-electron chi connectivity index (χ4n) is 2.94. The third-order valence-electron chi connectivity index (χ3n) is 3.92. The van der Waals surface area contributed by atoms with Gasteiger partial charge in [0.1, 0.15) is 0 Å². The smallest absolute Gasteiger partial charge is 0.0554 e. The third kappa shape index (κ3) is 1.56. The van der Waals surface area contributed by atoms with Crippen LogP contribution in [0.25, 0.3) is 5.57 Å². The van der Waals surface area contributed by atoms with E-state index in [4.69, 9.17) is 0 Å². The Morgan fingerprint density at radius 3 is 2.69 bits per heavy atom. The van der Waals surface area contributed by atoms with Crippen molar-refractivity contribution in [3.05, 3.63) is 42.0 Å². The molecular weight excluding hydrogens is 262 g/mol. The van der Waals surface area contributed by atoms with Crippen LogP contribution in [0.15, 0.2) is 36.4 Å². The standard InChI is InChI=1S/C14H16BrN/c1-16-11-7-8-13(16)14(15)12(9-11)10-5-3-2-4-6-10/h2-6,9,11,13-14H,7-8H2,1H3. The lowest BCUT2D eigenvalue weighted by Gasteiger charge is -2.34. The first-order chi connectivity index (χ1) is 7.77. The summed E-state index contributed by atoms with van der Waals surface area (Å²) in [5.41, 5.74) is 2.85. The summed E-state index contributed by atoms with van der Waals surface area (Å²) in [6.07, 6.45) is 5.06. The molecule has 3 rings (SSSR count). The molecular formula is C14H16BrN. The fourth-order valence-corrected chi connectivity index (χ4v) is 4.00. The van der Waals surface area contributed by atoms with Crippen LogP contribution >= 0.6 is 15.9 Å². The minimum absolute atomic E-state index is 0.485. The van der Waals surface area contributed by atoms with Crippen molar-refractivity contribution in [2.45, 2.75) is 29.8 Å². The van der Waals surface area contributed by atoms with Crippen molar-refractivity contribution in [2.75, 3.05) is 7.05 Å². The molecule has 84 valence electrons. The molecule has 3 atom stereocenters. The Morgan fingerprint density at radius 1 is 1.19 bits per heavy atom. The van der Waals surface area contributed by atoms with Crippen molar-refractivity contribution in [2.24, 2.45) is 0 Å².